The Morgan fingerprint density at radius 2 is 1.92 bits per heavy atom. The first-order valence-corrected chi connectivity index (χ1v) is 9.15. The van der Waals surface area contributed by atoms with Crippen LogP contribution in [-0.4, -0.2) is 30.3 Å². The highest BCUT2D eigenvalue weighted by atomic mass is 19.1. The maximum absolute atomic E-state index is 14.2. The lowest BCUT2D eigenvalue weighted by molar-refractivity contribution is 0.0691. The highest BCUT2D eigenvalue weighted by Gasteiger charge is 2.31. The first-order valence-electron chi connectivity index (χ1n) is 9.15. The van der Waals surface area contributed by atoms with E-state index < -0.39 is 11.8 Å². The fraction of sp³-hybridized carbons (Fsp3) is 0.381. The second kappa shape index (κ2) is 6.98. The molecule has 0 aromatic heterocycles. The van der Waals surface area contributed by atoms with Gasteiger partial charge in [0, 0.05) is 18.3 Å². The molecule has 1 saturated carbocycles. The van der Waals surface area contributed by atoms with Gasteiger partial charge in [-0.15, -0.1) is 0 Å². The standard InChI is InChI=1S/C21H22FNO3/c22-19-12-20(17(14-8-9-14)11-18(19)21(24)25)26-16-7-4-10-23(13-16)15-5-2-1-3-6-15/h1-3,5-6,11-12,14,16H,4,7-10,13H2,(H,24,25)/t16-/m1/s1. The summed E-state index contributed by atoms with van der Waals surface area (Å²) in [7, 11) is 0. The van der Waals surface area contributed by atoms with Gasteiger partial charge < -0.3 is 14.7 Å². The maximum Gasteiger partial charge on any atom is 0.338 e. The summed E-state index contributed by atoms with van der Waals surface area (Å²) < 4.78 is 20.4. The second-order valence-corrected chi connectivity index (χ2v) is 7.11. The van der Waals surface area contributed by atoms with Gasteiger partial charge in [0.05, 0.1) is 12.1 Å². The number of carboxylic acids is 1. The van der Waals surface area contributed by atoms with E-state index in [1.165, 1.54) is 12.1 Å². The van der Waals surface area contributed by atoms with Crippen molar-refractivity contribution >= 4 is 11.7 Å². The molecule has 136 valence electrons. The van der Waals surface area contributed by atoms with E-state index in [9.17, 15) is 14.3 Å². The van der Waals surface area contributed by atoms with Crippen molar-refractivity contribution in [2.45, 2.75) is 37.7 Å². The van der Waals surface area contributed by atoms with Crippen LogP contribution in [0.1, 0.15) is 47.5 Å². The van der Waals surface area contributed by atoms with Crippen LogP contribution in [0.25, 0.3) is 0 Å². The number of anilines is 1. The largest absolute Gasteiger partial charge is 0.488 e. The molecule has 2 aliphatic rings. The molecule has 1 heterocycles. The van der Waals surface area contributed by atoms with Crippen molar-refractivity contribution in [2.75, 3.05) is 18.0 Å². The molecule has 1 saturated heterocycles. The number of ether oxygens (including phenoxy) is 1. The molecule has 0 bridgehead atoms. The number of piperidine rings is 1. The molecule has 1 atom stereocenters. The van der Waals surface area contributed by atoms with Crippen LogP contribution in [0.3, 0.4) is 0 Å². The van der Waals surface area contributed by atoms with Gasteiger partial charge in [-0.1, -0.05) is 18.2 Å². The van der Waals surface area contributed by atoms with Gasteiger partial charge in [-0.25, -0.2) is 9.18 Å². The number of rotatable bonds is 5. The van der Waals surface area contributed by atoms with E-state index in [4.69, 9.17) is 4.74 Å². The molecule has 2 fully saturated rings. The zero-order valence-electron chi connectivity index (χ0n) is 14.5. The third-order valence-corrected chi connectivity index (χ3v) is 5.14. The smallest absolute Gasteiger partial charge is 0.338 e. The maximum atomic E-state index is 14.2. The monoisotopic (exact) mass is 355 g/mol. The van der Waals surface area contributed by atoms with E-state index in [1.807, 2.05) is 18.2 Å². The van der Waals surface area contributed by atoms with Crippen molar-refractivity contribution in [3.63, 3.8) is 0 Å². The van der Waals surface area contributed by atoms with Crippen LogP contribution in [0.15, 0.2) is 42.5 Å². The molecule has 1 aliphatic carbocycles. The van der Waals surface area contributed by atoms with Crippen LogP contribution in [0, 0.1) is 5.82 Å². The highest BCUT2D eigenvalue weighted by molar-refractivity contribution is 5.88. The van der Waals surface area contributed by atoms with Crippen molar-refractivity contribution in [1.82, 2.24) is 0 Å². The Morgan fingerprint density at radius 1 is 1.15 bits per heavy atom. The average molecular weight is 355 g/mol. The van der Waals surface area contributed by atoms with Gasteiger partial charge in [0.15, 0.2) is 0 Å². The minimum Gasteiger partial charge on any atom is -0.488 e. The van der Waals surface area contributed by atoms with Crippen molar-refractivity contribution in [1.29, 1.82) is 0 Å². The number of halogens is 1. The summed E-state index contributed by atoms with van der Waals surface area (Å²) >= 11 is 0. The van der Waals surface area contributed by atoms with Crippen molar-refractivity contribution in [2.24, 2.45) is 0 Å². The van der Waals surface area contributed by atoms with Crippen LogP contribution in [0.4, 0.5) is 10.1 Å². The zero-order chi connectivity index (χ0) is 18.1. The third-order valence-electron chi connectivity index (χ3n) is 5.14. The quantitative estimate of drug-likeness (QED) is 0.861. The summed E-state index contributed by atoms with van der Waals surface area (Å²) in [5.41, 5.74) is 1.73. The van der Waals surface area contributed by atoms with E-state index in [0.717, 1.165) is 50.0 Å². The van der Waals surface area contributed by atoms with Crippen LogP contribution in [-0.2, 0) is 0 Å². The molecule has 2 aromatic rings. The van der Waals surface area contributed by atoms with Gasteiger partial charge in [0.2, 0.25) is 0 Å². The molecule has 0 radical (unpaired) electrons. The Kier molecular flexibility index (Phi) is 4.53. The SMILES string of the molecule is O=C(O)c1cc(C2CC2)c(O[C@@H]2CCCN(c3ccccc3)C2)cc1F. The van der Waals surface area contributed by atoms with Gasteiger partial charge in [0.1, 0.15) is 17.7 Å². The molecular weight excluding hydrogens is 333 g/mol. The Morgan fingerprint density at radius 3 is 2.62 bits per heavy atom. The van der Waals surface area contributed by atoms with Crippen molar-refractivity contribution in [3.05, 3.63) is 59.4 Å². The van der Waals surface area contributed by atoms with Gasteiger partial charge >= 0.3 is 5.97 Å². The minimum atomic E-state index is -1.23. The number of carbonyl (C=O) groups is 1. The number of benzene rings is 2. The van der Waals surface area contributed by atoms with Crippen LogP contribution >= 0.6 is 0 Å². The first-order chi connectivity index (χ1) is 12.6. The fourth-order valence-corrected chi connectivity index (χ4v) is 3.64. The molecule has 0 amide bonds. The molecule has 26 heavy (non-hydrogen) atoms. The van der Waals surface area contributed by atoms with Gasteiger partial charge in [-0.3, -0.25) is 0 Å². The van der Waals surface area contributed by atoms with E-state index in [1.54, 1.807) is 0 Å². The van der Waals surface area contributed by atoms with Crippen LogP contribution in [0.5, 0.6) is 5.75 Å². The highest BCUT2D eigenvalue weighted by Crippen LogP contribution is 2.45. The molecule has 0 unspecified atom stereocenters. The lowest BCUT2D eigenvalue weighted by Gasteiger charge is -2.35. The van der Waals surface area contributed by atoms with Crippen molar-refractivity contribution in [3.8, 4) is 5.75 Å². The normalized spacial score (nSPS) is 20.0. The number of nitrogens with zero attached hydrogens (tertiary/aromatic N) is 1. The molecule has 2 aromatic carbocycles. The lowest BCUT2D eigenvalue weighted by Crippen LogP contribution is -2.41. The topological polar surface area (TPSA) is 49.8 Å². The number of para-hydroxylation sites is 1. The predicted molar refractivity (Wildman–Crippen MR) is 97.6 cm³/mol. The summed E-state index contributed by atoms with van der Waals surface area (Å²) in [5.74, 6) is -1.16. The Balaban J connectivity index is 1.55. The third kappa shape index (κ3) is 3.52. The molecular formula is C21H22FNO3. The Labute approximate surface area is 152 Å². The predicted octanol–water partition coefficient (Wildman–Crippen LogP) is 4.45. The van der Waals surface area contributed by atoms with Crippen LogP contribution in [0.2, 0.25) is 0 Å². The Hall–Kier alpha value is -2.56. The number of hydrogen-bond acceptors (Lipinski definition) is 3. The van der Waals surface area contributed by atoms with Crippen molar-refractivity contribution < 1.29 is 19.0 Å². The second-order valence-electron chi connectivity index (χ2n) is 7.11. The van der Waals surface area contributed by atoms with Gasteiger partial charge in [-0.05, 0) is 55.4 Å². The molecule has 4 nitrogen and oxygen atoms in total. The summed E-state index contributed by atoms with van der Waals surface area (Å²) in [6, 6.07) is 12.9. The molecule has 1 aliphatic heterocycles. The average Bonchev–Trinajstić information content (AvgIpc) is 3.48. The number of aromatic carboxylic acids is 1. The summed E-state index contributed by atoms with van der Waals surface area (Å²) in [6.45, 7) is 1.72. The first kappa shape index (κ1) is 16.9. The van der Waals surface area contributed by atoms with Gasteiger partial charge in [-0.2, -0.15) is 0 Å². The molecule has 0 spiro atoms. The minimum absolute atomic E-state index is 0.0310. The molecule has 4 rings (SSSR count). The van der Waals surface area contributed by atoms with Gasteiger partial charge in [0.25, 0.3) is 0 Å². The van der Waals surface area contributed by atoms with Crippen LogP contribution < -0.4 is 9.64 Å². The molecule has 1 N–H and O–H groups in total. The lowest BCUT2D eigenvalue weighted by atomic mass is 10.0. The summed E-state index contributed by atoms with van der Waals surface area (Å²) in [5, 5.41) is 9.18. The van der Waals surface area contributed by atoms with E-state index in [2.05, 4.69) is 17.0 Å². The molecule has 5 heteroatoms. The fourth-order valence-electron chi connectivity index (χ4n) is 3.64. The van der Waals surface area contributed by atoms with E-state index in [0.29, 0.717) is 5.75 Å². The van der Waals surface area contributed by atoms with E-state index >= 15 is 0 Å². The van der Waals surface area contributed by atoms with E-state index in [-0.39, 0.29) is 17.6 Å². The number of hydrogen-bond donors (Lipinski definition) is 1. The zero-order valence-corrected chi connectivity index (χ0v) is 14.5. The summed E-state index contributed by atoms with van der Waals surface area (Å²) in [6.07, 6.45) is 3.89. The Bertz CT molecular complexity index is 804. The summed E-state index contributed by atoms with van der Waals surface area (Å²) in [4.78, 5) is 13.5. The number of carboxylic acid groups (broad SMARTS) is 1.